The van der Waals surface area contributed by atoms with E-state index in [2.05, 4.69) is 15.9 Å². The highest BCUT2D eigenvalue weighted by Gasteiger charge is 2.32. The summed E-state index contributed by atoms with van der Waals surface area (Å²) in [6.45, 7) is 0.857. The lowest BCUT2D eigenvalue weighted by molar-refractivity contribution is 0.853. The van der Waals surface area contributed by atoms with E-state index in [9.17, 15) is 0 Å². The van der Waals surface area contributed by atoms with Gasteiger partial charge in [-0.2, -0.15) is 0 Å². The zero-order valence-corrected chi connectivity index (χ0v) is 6.33. The van der Waals surface area contributed by atoms with Crippen molar-refractivity contribution in [2.24, 2.45) is 11.7 Å². The van der Waals surface area contributed by atoms with E-state index in [4.69, 9.17) is 5.73 Å². The van der Waals surface area contributed by atoms with Crippen molar-refractivity contribution < 1.29 is 0 Å². The van der Waals surface area contributed by atoms with E-state index in [-0.39, 0.29) is 12.4 Å². The molecule has 1 fully saturated rings. The zero-order valence-electron chi connectivity index (χ0n) is 3.93. The molecule has 1 saturated carbocycles. The van der Waals surface area contributed by atoms with E-state index >= 15 is 0 Å². The topological polar surface area (TPSA) is 26.0 Å². The summed E-state index contributed by atoms with van der Waals surface area (Å²) in [6, 6.07) is 0. The Balaban J connectivity index is 0.000000360. The van der Waals surface area contributed by atoms with Crippen LogP contribution in [0.25, 0.3) is 0 Å². The van der Waals surface area contributed by atoms with Gasteiger partial charge >= 0.3 is 0 Å². The molecule has 0 saturated heterocycles. The van der Waals surface area contributed by atoms with E-state index in [0.29, 0.717) is 0 Å². The van der Waals surface area contributed by atoms with Crippen LogP contribution in [0, 0.1) is 5.92 Å². The van der Waals surface area contributed by atoms with Crippen LogP contribution >= 0.6 is 28.3 Å². The summed E-state index contributed by atoms with van der Waals surface area (Å²) in [5.74, 6) is 0.796. The van der Waals surface area contributed by atoms with Crippen LogP contribution in [0.15, 0.2) is 0 Å². The van der Waals surface area contributed by atoms with Crippen molar-refractivity contribution in [2.45, 2.75) is 11.2 Å². The highest BCUT2D eigenvalue weighted by molar-refractivity contribution is 9.09. The molecule has 1 aliphatic carbocycles. The average molecular weight is 186 g/mol. The normalized spacial score (nSPS) is 36.9. The molecule has 0 aromatic heterocycles. The number of halogens is 2. The summed E-state index contributed by atoms with van der Waals surface area (Å²) < 4.78 is 0. The molecule has 1 nitrogen and oxygen atoms in total. The van der Waals surface area contributed by atoms with Crippen LogP contribution in [0.1, 0.15) is 6.42 Å². The molecule has 3 heteroatoms. The molecule has 0 bridgehead atoms. The van der Waals surface area contributed by atoms with Crippen molar-refractivity contribution in [3.8, 4) is 0 Å². The Labute approximate surface area is 58.2 Å². The van der Waals surface area contributed by atoms with Gasteiger partial charge in [-0.1, -0.05) is 15.9 Å². The van der Waals surface area contributed by atoms with Gasteiger partial charge in [-0.15, -0.1) is 12.4 Å². The number of nitrogens with two attached hydrogens (primary N) is 1. The number of rotatable bonds is 1. The fraction of sp³-hybridized carbons (Fsp3) is 1.00. The summed E-state index contributed by atoms with van der Waals surface area (Å²) in [5.41, 5.74) is 5.29. The molecule has 0 radical (unpaired) electrons. The molecule has 0 aliphatic heterocycles. The molecule has 0 aromatic rings. The molecule has 1 aliphatic rings. The fourth-order valence-electron chi connectivity index (χ4n) is 0.455. The zero-order chi connectivity index (χ0) is 4.57. The molecule has 2 N–H and O–H groups in total. The van der Waals surface area contributed by atoms with Crippen molar-refractivity contribution in [3.63, 3.8) is 0 Å². The highest BCUT2D eigenvalue weighted by Crippen LogP contribution is 2.36. The van der Waals surface area contributed by atoms with Crippen molar-refractivity contribution in [1.82, 2.24) is 0 Å². The van der Waals surface area contributed by atoms with Crippen LogP contribution in [-0.2, 0) is 0 Å². The summed E-state index contributed by atoms with van der Waals surface area (Å²) >= 11 is 3.43. The molecule has 2 atom stereocenters. The van der Waals surface area contributed by atoms with Crippen molar-refractivity contribution in [2.75, 3.05) is 6.54 Å². The van der Waals surface area contributed by atoms with E-state index in [0.717, 1.165) is 17.3 Å². The quantitative estimate of drug-likeness (QED) is 0.611. The largest absolute Gasteiger partial charge is 0.330 e. The van der Waals surface area contributed by atoms with E-state index in [1.807, 2.05) is 0 Å². The fourth-order valence-corrected chi connectivity index (χ4v) is 1.15. The van der Waals surface area contributed by atoms with Gasteiger partial charge in [0.15, 0.2) is 0 Å². The Morgan fingerprint density at radius 2 is 2.14 bits per heavy atom. The van der Waals surface area contributed by atoms with Gasteiger partial charge in [-0.3, -0.25) is 0 Å². The van der Waals surface area contributed by atoms with Gasteiger partial charge in [0.25, 0.3) is 0 Å². The third-order valence-corrected chi connectivity index (χ3v) is 2.26. The summed E-state index contributed by atoms with van der Waals surface area (Å²) in [7, 11) is 0. The Kier molecular flexibility index (Phi) is 3.20. The first-order valence-electron chi connectivity index (χ1n) is 2.18. The minimum Gasteiger partial charge on any atom is -0.330 e. The molecular formula is C4H9BrClN. The molecule has 0 heterocycles. The first kappa shape index (κ1) is 7.73. The maximum absolute atomic E-state index is 5.29. The predicted molar refractivity (Wildman–Crippen MR) is 37.1 cm³/mol. The maximum atomic E-state index is 5.29. The minimum atomic E-state index is 0. The van der Waals surface area contributed by atoms with Gasteiger partial charge in [-0.25, -0.2) is 0 Å². The van der Waals surface area contributed by atoms with Gasteiger partial charge in [-0.05, 0) is 18.9 Å². The van der Waals surface area contributed by atoms with Gasteiger partial charge in [0.1, 0.15) is 0 Å². The second kappa shape index (κ2) is 2.90. The number of hydrogen-bond acceptors (Lipinski definition) is 1. The van der Waals surface area contributed by atoms with Gasteiger partial charge in [0.05, 0.1) is 0 Å². The van der Waals surface area contributed by atoms with Crippen LogP contribution in [0.5, 0.6) is 0 Å². The predicted octanol–water partition coefficient (Wildman–Crippen LogP) is 1.15. The molecule has 7 heavy (non-hydrogen) atoms. The Morgan fingerprint density at radius 3 is 2.14 bits per heavy atom. The van der Waals surface area contributed by atoms with Crippen LogP contribution in [0.3, 0.4) is 0 Å². The molecule has 0 unspecified atom stereocenters. The van der Waals surface area contributed by atoms with Crippen molar-refractivity contribution in [3.05, 3.63) is 0 Å². The smallest absolute Gasteiger partial charge is 0.0190 e. The van der Waals surface area contributed by atoms with Gasteiger partial charge in [0.2, 0.25) is 0 Å². The molecule has 0 amide bonds. The van der Waals surface area contributed by atoms with Gasteiger partial charge < -0.3 is 5.73 Å². The number of alkyl halides is 1. The number of hydrogen-bond donors (Lipinski definition) is 1. The molecule has 1 rings (SSSR count). The molecule has 44 valence electrons. The Hall–Kier alpha value is 0.730. The third-order valence-electron chi connectivity index (χ3n) is 1.14. The summed E-state index contributed by atoms with van der Waals surface area (Å²) in [4.78, 5) is 0.752. The van der Waals surface area contributed by atoms with Crippen LogP contribution < -0.4 is 5.73 Å². The lowest BCUT2D eigenvalue weighted by Gasteiger charge is -1.78. The molecular weight excluding hydrogens is 177 g/mol. The lowest BCUT2D eigenvalue weighted by atomic mass is 10.4. The first-order chi connectivity index (χ1) is 2.84. The summed E-state index contributed by atoms with van der Waals surface area (Å²) in [6.07, 6.45) is 1.29. The van der Waals surface area contributed by atoms with Gasteiger partial charge in [0, 0.05) is 4.83 Å². The average Bonchev–Trinajstić information content (AvgIpc) is 2.19. The molecule has 0 spiro atoms. The van der Waals surface area contributed by atoms with E-state index in [1.165, 1.54) is 6.42 Å². The van der Waals surface area contributed by atoms with Crippen LogP contribution in [0.4, 0.5) is 0 Å². The van der Waals surface area contributed by atoms with Crippen LogP contribution in [0.2, 0.25) is 0 Å². The third kappa shape index (κ3) is 1.98. The maximum Gasteiger partial charge on any atom is 0.0190 e. The SMILES string of the molecule is Cl.NC[C@@H]1C[C@@H]1Br. The summed E-state index contributed by atoms with van der Waals surface area (Å²) in [5, 5.41) is 0. The molecule has 0 aromatic carbocycles. The van der Waals surface area contributed by atoms with Crippen LogP contribution in [-0.4, -0.2) is 11.4 Å². The minimum absolute atomic E-state index is 0. The first-order valence-corrected chi connectivity index (χ1v) is 3.10. The highest BCUT2D eigenvalue weighted by atomic mass is 79.9. The second-order valence-corrected chi connectivity index (χ2v) is 2.92. The Morgan fingerprint density at radius 1 is 1.71 bits per heavy atom. The standard InChI is InChI=1S/C4H8BrN.ClH/c5-4-1-3(4)2-6;/h3-4H,1-2,6H2;1H/t3-,4-;/m0./s1. The van der Waals surface area contributed by atoms with Crippen molar-refractivity contribution in [1.29, 1.82) is 0 Å². The monoisotopic (exact) mass is 185 g/mol. The van der Waals surface area contributed by atoms with E-state index in [1.54, 1.807) is 0 Å². The van der Waals surface area contributed by atoms with E-state index < -0.39 is 0 Å². The van der Waals surface area contributed by atoms with Crippen molar-refractivity contribution >= 4 is 28.3 Å². The second-order valence-electron chi connectivity index (χ2n) is 1.75. The lowest BCUT2D eigenvalue weighted by Crippen LogP contribution is -2.01. The Bertz CT molecular complexity index is 57.7.